The molecule has 4 heteroatoms. The Kier molecular flexibility index (Phi) is 3.92. The van der Waals surface area contributed by atoms with E-state index < -0.39 is 5.54 Å². The number of rotatable bonds is 3. The highest BCUT2D eigenvalue weighted by Crippen LogP contribution is 2.22. The van der Waals surface area contributed by atoms with Crippen LogP contribution in [0.15, 0.2) is 30.3 Å². The number of nitrogens with two attached hydrogens (primary N) is 1. The summed E-state index contributed by atoms with van der Waals surface area (Å²) in [7, 11) is 0. The van der Waals surface area contributed by atoms with Crippen LogP contribution in [0.2, 0.25) is 0 Å². The molecule has 0 saturated carbocycles. The van der Waals surface area contributed by atoms with Gasteiger partial charge in [-0.25, -0.2) is 0 Å². The van der Waals surface area contributed by atoms with Crippen molar-refractivity contribution in [2.75, 3.05) is 13.2 Å². The third-order valence-electron chi connectivity index (χ3n) is 3.70. The maximum Gasteiger partial charge on any atom is 0.244 e. The zero-order chi connectivity index (χ0) is 13.9. The van der Waals surface area contributed by atoms with Gasteiger partial charge in [-0.15, -0.1) is 0 Å². The Bertz CT molecular complexity index is 437. The van der Waals surface area contributed by atoms with Crippen molar-refractivity contribution in [3.63, 3.8) is 0 Å². The normalized spacial score (nSPS) is 26.5. The monoisotopic (exact) mass is 262 g/mol. The van der Waals surface area contributed by atoms with Gasteiger partial charge in [0.15, 0.2) is 0 Å². The van der Waals surface area contributed by atoms with E-state index in [1.807, 2.05) is 37.3 Å². The Morgan fingerprint density at radius 1 is 1.42 bits per heavy atom. The standard InChI is InChI=1S/C15H22N2O2/c1-14(9-6-10-19-11-14)17-13(18)15(2,16)12-7-4-3-5-8-12/h3-5,7-8H,6,9-11,16H2,1-2H3,(H,17,18). The second kappa shape index (κ2) is 5.31. The van der Waals surface area contributed by atoms with Gasteiger partial charge in [-0.2, -0.15) is 0 Å². The van der Waals surface area contributed by atoms with Crippen LogP contribution in [0.1, 0.15) is 32.3 Å². The molecule has 1 saturated heterocycles. The summed E-state index contributed by atoms with van der Waals surface area (Å²) >= 11 is 0. The molecule has 1 aromatic rings. The summed E-state index contributed by atoms with van der Waals surface area (Å²) in [6, 6.07) is 9.44. The van der Waals surface area contributed by atoms with Gasteiger partial charge < -0.3 is 15.8 Å². The molecule has 1 amide bonds. The van der Waals surface area contributed by atoms with Crippen molar-refractivity contribution in [2.45, 2.75) is 37.8 Å². The fourth-order valence-corrected chi connectivity index (χ4v) is 2.35. The summed E-state index contributed by atoms with van der Waals surface area (Å²) < 4.78 is 5.45. The fourth-order valence-electron chi connectivity index (χ4n) is 2.35. The number of amides is 1. The van der Waals surface area contributed by atoms with Gasteiger partial charge in [-0.1, -0.05) is 30.3 Å². The van der Waals surface area contributed by atoms with Gasteiger partial charge in [0, 0.05) is 6.61 Å². The molecule has 19 heavy (non-hydrogen) atoms. The van der Waals surface area contributed by atoms with Crippen LogP contribution >= 0.6 is 0 Å². The number of benzene rings is 1. The van der Waals surface area contributed by atoms with E-state index in [4.69, 9.17) is 10.5 Å². The maximum absolute atomic E-state index is 12.4. The zero-order valence-electron chi connectivity index (χ0n) is 11.6. The molecule has 1 fully saturated rings. The molecule has 0 aliphatic carbocycles. The first-order valence-electron chi connectivity index (χ1n) is 6.69. The van der Waals surface area contributed by atoms with E-state index in [0.29, 0.717) is 6.61 Å². The quantitative estimate of drug-likeness (QED) is 0.868. The van der Waals surface area contributed by atoms with Crippen molar-refractivity contribution in [2.24, 2.45) is 5.73 Å². The molecule has 1 aliphatic rings. The van der Waals surface area contributed by atoms with E-state index in [-0.39, 0.29) is 11.4 Å². The second-order valence-electron chi connectivity index (χ2n) is 5.74. The van der Waals surface area contributed by atoms with E-state index in [1.54, 1.807) is 6.92 Å². The topological polar surface area (TPSA) is 64.4 Å². The summed E-state index contributed by atoms with van der Waals surface area (Å²) in [6.07, 6.45) is 1.88. The number of hydrogen-bond donors (Lipinski definition) is 2. The first-order chi connectivity index (χ1) is 8.94. The molecular weight excluding hydrogens is 240 g/mol. The third kappa shape index (κ3) is 3.14. The molecule has 2 rings (SSSR count). The molecule has 1 aromatic carbocycles. The average Bonchev–Trinajstić information content (AvgIpc) is 2.40. The number of ether oxygens (including phenoxy) is 1. The van der Waals surface area contributed by atoms with Crippen molar-refractivity contribution >= 4 is 5.91 Å². The Hall–Kier alpha value is -1.39. The Balaban J connectivity index is 2.10. The Labute approximate surface area is 114 Å². The minimum atomic E-state index is -1.03. The van der Waals surface area contributed by atoms with Crippen molar-refractivity contribution in [1.82, 2.24) is 5.32 Å². The third-order valence-corrected chi connectivity index (χ3v) is 3.70. The van der Waals surface area contributed by atoms with Crippen LogP contribution in [-0.2, 0) is 15.1 Å². The fraction of sp³-hybridized carbons (Fsp3) is 0.533. The molecule has 0 aromatic heterocycles. The SMILES string of the molecule is CC1(NC(=O)C(C)(N)c2ccccc2)CCCOC1. The lowest BCUT2D eigenvalue weighted by molar-refractivity contribution is -0.129. The number of hydrogen-bond acceptors (Lipinski definition) is 3. The molecule has 0 bridgehead atoms. The predicted molar refractivity (Wildman–Crippen MR) is 74.6 cm³/mol. The van der Waals surface area contributed by atoms with E-state index in [9.17, 15) is 4.79 Å². The molecule has 1 heterocycles. The van der Waals surface area contributed by atoms with Crippen LogP contribution in [0.25, 0.3) is 0 Å². The summed E-state index contributed by atoms with van der Waals surface area (Å²) in [5, 5.41) is 3.05. The maximum atomic E-state index is 12.4. The second-order valence-corrected chi connectivity index (χ2v) is 5.74. The van der Waals surface area contributed by atoms with Crippen LogP contribution in [0.4, 0.5) is 0 Å². The van der Waals surface area contributed by atoms with Crippen LogP contribution < -0.4 is 11.1 Å². The number of carbonyl (C=O) groups is 1. The van der Waals surface area contributed by atoms with Crippen molar-refractivity contribution in [3.05, 3.63) is 35.9 Å². The minimum Gasteiger partial charge on any atom is -0.379 e. The zero-order valence-corrected chi connectivity index (χ0v) is 11.6. The van der Waals surface area contributed by atoms with Gasteiger partial charge in [0.2, 0.25) is 5.91 Å². The van der Waals surface area contributed by atoms with Gasteiger partial charge in [-0.3, -0.25) is 4.79 Å². The van der Waals surface area contributed by atoms with Crippen LogP contribution in [0.3, 0.4) is 0 Å². The molecule has 2 unspecified atom stereocenters. The summed E-state index contributed by atoms with van der Waals surface area (Å²) in [6.45, 7) is 5.06. The Morgan fingerprint density at radius 3 is 2.68 bits per heavy atom. The Morgan fingerprint density at radius 2 is 2.11 bits per heavy atom. The highest BCUT2D eigenvalue weighted by Gasteiger charge is 2.36. The molecule has 4 nitrogen and oxygen atoms in total. The van der Waals surface area contributed by atoms with Gasteiger partial charge in [0.05, 0.1) is 12.1 Å². The van der Waals surface area contributed by atoms with Crippen LogP contribution in [0, 0.1) is 0 Å². The van der Waals surface area contributed by atoms with E-state index in [1.165, 1.54) is 0 Å². The first kappa shape index (κ1) is 14.0. The number of nitrogens with one attached hydrogen (secondary N) is 1. The van der Waals surface area contributed by atoms with Gasteiger partial charge in [0.25, 0.3) is 0 Å². The van der Waals surface area contributed by atoms with Gasteiger partial charge in [-0.05, 0) is 32.3 Å². The summed E-state index contributed by atoms with van der Waals surface area (Å²) in [5.74, 6) is -0.160. The van der Waals surface area contributed by atoms with Crippen LogP contribution in [-0.4, -0.2) is 24.7 Å². The molecule has 1 aliphatic heterocycles. The molecule has 2 atom stereocenters. The molecule has 0 radical (unpaired) electrons. The van der Waals surface area contributed by atoms with E-state index in [0.717, 1.165) is 25.0 Å². The van der Waals surface area contributed by atoms with Crippen LogP contribution in [0.5, 0.6) is 0 Å². The lowest BCUT2D eigenvalue weighted by Crippen LogP contribution is -2.59. The lowest BCUT2D eigenvalue weighted by Gasteiger charge is -2.37. The van der Waals surface area contributed by atoms with E-state index in [2.05, 4.69) is 5.32 Å². The minimum absolute atomic E-state index is 0.160. The molecule has 104 valence electrons. The summed E-state index contributed by atoms with van der Waals surface area (Å²) in [5.41, 5.74) is 5.68. The average molecular weight is 262 g/mol. The van der Waals surface area contributed by atoms with Gasteiger partial charge in [0.1, 0.15) is 5.54 Å². The molecular formula is C15H22N2O2. The molecule has 0 spiro atoms. The van der Waals surface area contributed by atoms with Gasteiger partial charge >= 0.3 is 0 Å². The van der Waals surface area contributed by atoms with Crippen molar-refractivity contribution < 1.29 is 9.53 Å². The highest BCUT2D eigenvalue weighted by molar-refractivity contribution is 5.87. The van der Waals surface area contributed by atoms with Crippen molar-refractivity contribution in [1.29, 1.82) is 0 Å². The molecule has 3 N–H and O–H groups in total. The summed E-state index contributed by atoms with van der Waals surface area (Å²) in [4.78, 5) is 12.4. The smallest absolute Gasteiger partial charge is 0.244 e. The largest absolute Gasteiger partial charge is 0.379 e. The van der Waals surface area contributed by atoms with E-state index >= 15 is 0 Å². The van der Waals surface area contributed by atoms with Crippen molar-refractivity contribution in [3.8, 4) is 0 Å². The highest BCUT2D eigenvalue weighted by atomic mass is 16.5. The first-order valence-corrected chi connectivity index (χ1v) is 6.69. The lowest BCUT2D eigenvalue weighted by atomic mass is 9.89. The predicted octanol–water partition coefficient (Wildman–Crippen LogP) is 1.55. The number of carbonyl (C=O) groups excluding carboxylic acids is 1.